The Kier molecular flexibility index (Phi) is 5.39. The molecule has 0 fully saturated rings. The summed E-state index contributed by atoms with van der Waals surface area (Å²) >= 11 is 0. The van der Waals surface area contributed by atoms with Crippen molar-refractivity contribution in [1.82, 2.24) is 5.32 Å². The van der Waals surface area contributed by atoms with E-state index in [1.54, 1.807) is 6.07 Å². The lowest BCUT2D eigenvalue weighted by atomic mass is 9.91. The van der Waals surface area contributed by atoms with Crippen LogP contribution in [-0.4, -0.2) is 13.6 Å². The standard InChI is InChI=1S/C13H19F2N/c1-3-4-10(7-8-16-2)11-5-6-12(14)13(15)9-11/h5-6,9-10,16H,3-4,7-8H2,1-2H3. The molecular formula is C13H19F2N. The van der Waals surface area contributed by atoms with Crippen LogP contribution in [0.5, 0.6) is 0 Å². The Morgan fingerprint density at radius 3 is 2.50 bits per heavy atom. The third kappa shape index (κ3) is 3.56. The van der Waals surface area contributed by atoms with E-state index in [0.29, 0.717) is 5.92 Å². The number of halogens is 2. The number of hydrogen-bond acceptors (Lipinski definition) is 1. The maximum atomic E-state index is 13.1. The fraction of sp³-hybridized carbons (Fsp3) is 0.538. The van der Waals surface area contributed by atoms with Gasteiger partial charge in [0, 0.05) is 0 Å². The van der Waals surface area contributed by atoms with Crippen LogP contribution in [0.3, 0.4) is 0 Å². The molecule has 0 aliphatic heterocycles. The van der Waals surface area contributed by atoms with Crippen molar-refractivity contribution >= 4 is 0 Å². The molecule has 1 nitrogen and oxygen atoms in total. The molecule has 0 radical (unpaired) electrons. The Labute approximate surface area is 95.9 Å². The van der Waals surface area contributed by atoms with Crippen molar-refractivity contribution in [3.63, 3.8) is 0 Å². The van der Waals surface area contributed by atoms with E-state index in [9.17, 15) is 8.78 Å². The summed E-state index contributed by atoms with van der Waals surface area (Å²) in [6.45, 7) is 3.00. The lowest BCUT2D eigenvalue weighted by molar-refractivity contribution is 0.498. The summed E-state index contributed by atoms with van der Waals surface area (Å²) in [5.41, 5.74) is 0.899. The van der Waals surface area contributed by atoms with Crippen LogP contribution in [0.4, 0.5) is 8.78 Å². The topological polar surface area (TPSA) is 12.0 Å². The lowest BCUT2D eigenvalue weighted by Gasteiger charge is -2.16. The van der Waals surface area contributed by atoms with Gasteiger partial charge in [0.2, 0.25) is 0 Å². The number of hydrogen-bond donors (Lipinski definition) is 1. The van der Waals surface area contributed by atoms with Gasteiger partial charge in [-0.25, -0.2) is 8.78 Å². The molecule has 0 amide bonds. The van der Waals surface area contributed by atoms with Crippen LogP contribution in [-0.2, 0) is 0 Å². The fourth-order valence-electron chi connectivity index (χ4n) is 1.91. The molecular weight excluding hydrogens is 208 g/mol. The first-order valence-electron chi connectivity index (χ1n) is 5.78. The Morgan fingerprint density at radius 2 is 1.94 bits per heavy atom. The zero-order valence-corrected chi connectivity index (χ0v) is 9.89. The highest BCUT2D eigenvalue weighted by atomic mass is 19.2. The predicted molar refractivity (Wildman–Crippen MR) is 62.6 cm³/mol. The first-order chi connectivity index (χ1) is 7.69. The summed E-state index contributed by atoms with van der Waals surface area (Å²) in [6, 6.07) is 4.23. The van der Waals surface area contributed by atoms with E-state index in [0.717, 1.165) is 31.4 Å². The van der Waals surface area contributed by atoms with E-state index in [-0.39, 0.29) is 0 Å². The maximum Gasteiger partial charge on any atom is 0.159 e. The minimum Gasteiger partial charge on any atom is -0.320 e. The van der Waals surface area contributed by atoms with Gasteiger partial charge in [0.15, 0.2) is 11.6 Å². The van der Waals surface area contributed by atoms with E-state index in [1.165, 1.54) is 12.1 Å². The van der Waals surface area contributed by atoms with Crippen LogP contribution >= 0.6 is 0 Å². The molecule has 1 aromatic carbocycles. The molecule has 0 aliphatic rings. The van der Waals surface area contributed by atoms with Gasteiger partial charge < -0.3 is 5.32 Å². The van der Waals surface area contributed by atoms with E-state index < -0.39 is 11.6 Å². The molecule has 0 heterocycles. The van der Waals surface area contributed by atoms with Gasteiger partial charge in [0.05, 0.1) is 0 Å². The molecule has 1 atom stereocenters. The predicted octanol–water partition coefficient (Wildman–Crippen LogP) is 3.46. The molecule has 0 aliphatic carbocycles. The first kappa shape index (κ1) is 13.1. The zero-order valence-electron chi connectivity index (χ0n) is 9.89. The van der Waals surface area contributed by atoms with Crippen LogP contribution < -0.4 is 5.32 Å². The van der Waals surface area contributed by atoms with Crippen LogP contribution in [0.2, 0.25) is 0 Å². The summed E-state index contributed by atoms with van der Waals surface area (Å²) in [6.07, 6.45) is 3.01. The largest absolute Gasteiger partial charge is 0.320 e. The summed E-state index contributed by atoms with van der Waals surface area (Å²) in [7, 11) is 1.90. The molecule has 0 saturated heterocycles. The van der Waals surface area contributed by atoms with Crippen molar-refractivity contribution in [1.29, 1.82) is 0 Å². The second-order valence-electron chi connectivity index (χ2n) is 4.05. The smallest absolute Gasteiger partial charge is 0.159 e. The minimum atomic E-state index is -0.771. The van der Waals surface area contributed by atoms with Crippen molar-refractivity contribution in [2.24, 2.45) is 0 Å². The van der Waals surface area contributed by atoms with Gasteiger partial charge in [0.25, 0.3) is 0 Å². The van der Waals surface area contributed by atoms with Gasteiger partial charge >= 0.3 is 0 Å². The molecule has 3 heteroatoms. The quantitative estimate of drug-likeness (QED) is 0.784. The van der Waals surface area contributed by atoms with E-state index in [2.05, 4.69) is 12.2 Å². The molecule has 0 saturated carbocycles. The monoisotopic (exact) mass is 227 g/mol. The molecule has 0 spiro atoms. The highest BCUT2D eigenvalue weighted by Crippen LogP contribution is 2.25. The highest BCUT2D eigenvalue weighted by Gasteiger charge is 2.12. The summed E-state index contributed by atoms with van der Waals surface area (Å²) in [5, 5.41) is 3.08. The van der Waals surface area contributed by atoms with E-state index >= 15 is 0 Å². The van der Waals surface area contributed by atoms with Gasteiger partial charge in [-0.05, 0) is 50.0 Å². The van der Waals surface area contributed by atoms with Crippen molar-refractivity contribution in [3.05, 3.63) is 35.4 Å². The Bertz CT molecular complexity index is 326. The van der Waals surface area contributed by atoms with Crippen LogP contribution in [0.1, 0.15) is 37.7 Å². The molecule has 1 aromatic rings. The van der Waals surface area contributed by atoms with Crippen LogP contribution in [0.25, 0.3) is 0 Å². The lowest BCUT2D eigenvalue weighted by Crippen LogP contribution is -2.12. The molecule has 1 N–H and O–H groups in total. The minimum absolute atomic E-state index is 0.313. The maximum absolute atomic E-state index is 13.1. The third-order valence-corrected chi connectivity index (χ3v) is 2.79. The van der Waals surface area contributed by atoms with Crippen molar-refractivity contribution < 1.29 is 8.78 Å². The highest BCUT2D eigenvalue weighted by molar-refractivity contribution is 5.21. The van der Waals surface area contributed by atoms with E-state index in [4.69, 9.17) is 0 Å². The molecule has 0 aromatic heterocycles. The molecule has 0 bridgehead atoms. The second-order valence-corrected chi connectivity index (χ2v) is 4.05. The van der Waals surface area contributed by atoms with Crippen molar-refractivity contribution in [2.75, 3.05) is 13.6 Å². The summed E-state index contributed by atoms with van der Waals surface area (Å²) < 4.78 is 25.9. The summed E-state index contributed by atoms with van der Waals surface area (Å²) in [4.78, 5) is 0. The second kappa shape index (κ2) is 6.59. The van der Waals surface area contributed by atoms with Gasteiger partial charge in [-0.15, -0.1) is 0 Å². The third-order valence-electron chi connectivity index (χ3n) is 2.79. The van der Waals surface area contributed by atoms with Crippen molar-refractivity contribution in [2.45, 2.75) is 32.1 Å². The SMILES string of the molecule is CCCC(CCNC)c1ccc(F)c(F)c1. The Balaban J connectivity index is 2.78. The summed E-state index contributed by atoms with van der Waals surface area (Å²) in [5.74, 6) is -1.21. The molecule has 16 heavy (non-hydrogen) atoms. The van der Waals surface area contributed by atoms with Crippen molar-refractivity contribution in [3.8, 4) is 0 Å². The first-order valence-corrected chi connectivity index (χ1v) is 5.78. The van der Waals surface area contributed by atoms with Crippen LogP contribution in [0.15, 0.2) is 18.2 Å². The van der Waals surface area contributed by atoms with Gasteiger partial charge in [0.1, 0.15) is 0 Å². The van der Waals surface area contributed by atoms with Gasteiger partial charge in [-0.1, -0.05) is 19.4 Å². The average Bonchev–Trinajstić information content (AvgIpc) is 2.28. The zero-order chi connectivity index (χ0) is 12.0. The molecule has 1 unspecified atom stereocenters. The van der Waals surface area contributed by atoms with Gasteiger partial charge in [-0.3, -0.25) is 0 Å². The van der Waals surface area contributed by atoms with Crippen LogP contribution in [0, 0.1) is 11.6 Å². The number of benzene rings is 1. The normalized spacial score (nSPS) is 12.8. The average molecular weight is 227 g/mol. The number of nitrogens with one attached hydrogen (secondary N) is 1. The fourth-order valence-corrected chi connectivity index (χ4v) is 1.91. The van der Waals surface area contributed by atoms with Gasteiger partial charge in [-0.2, -0.15) is 0 Å². The molecule has 90 valence electrons. The van der Waals surface area contributed by atoms with E-state index in [1.807, 2.05) is 7.05 Å². The molecule has 1 rings (SSSR count). The number of rotatable bonds is 6. The Morgan fingerprint density at radius 1 is 1.19 bits per heavy atom. The Hall–Kier alpha value is -0.960.